The van der Waals surface area contributed by atoms with Crippen LogP contribution in [-0.2, 0) is 4.74 Å². The molecule has 44 valence electrons. The Bertz CT molecular complexity index is 56.9. The second kappa shape index (κ2) is 4.77. The molecule has 2 nitrogen and oxygen atoms in total. The molecule has 0 aromatic carbocycles. The third kappa shape index (κ3) is 2.46. The van der Waals surface area contributed by atoms with Crippen molar-refractivity contribution >= 4 is 0 Å². The van der Waals surface area contributed by atoms with E-state index in [0.717, 1.165) is 19.4 Å². The van der Waals surface area contributed by atoms with E-state index in [-0.39, 0.29) is 43.7 Å². The maximum atomic E-state index is 8.44. The van der Waals surface area contributed by atoms with Gasteiger partial charge in [0.15, 0.2) is 0 Å². The van der Waals surface area contributed by atoms with Crippen molar-refractivity contribution < 1.29 is 40.8 Å². The Morgan fingerprint density at radius 2 is 2.50 bits per heavy atom. The first-order valence-corrected chi connectivity index (χ1v) is 2.66. The Balaban J connectivity index is 0. The zero-order chi connectivity index (χ0) is 5.11. The van der Waals surface area contributed by atoms with E-state index >= 15 is 0 Å². The van der Waals surface area contributed by atoms with Crippen molar-refractivity contribution in [2.45, 2.75) is 18.9 Å². The van der Waals surface area contributed by atoms with Gasteiger partial charge in [-0.3, -0.25) is 0 Å². The Hall–Kier alpha value is 0.920. The molecule has 0 aromatic rings. The van der Waals surface area contributed by atoms with Crippen LogP contribution in [0.1, 0.15) is 14.3 Å². The summed E-state index contributed by atoms with van der Waals surface area (Å²) < 4.78 is 5.05. The molecule has 3 heteroatoms. The van der Waals surface area contributed by atoms with Gasteiger partial charge in [-0.15, -0.1) is 0 Å². The van der Waals surface area contributed by atoms with Crippen LogP contribution in [0.5, 0.6) is 0 Å². The molecule has 1 heterocycles. The topological polar surface area (TPSA) is 29.5 Å². The van der Waals surface area contributed by atoms with Crippen molar-refractivity contribution in [1.82, 2.24) is 0 Å². The number of hydrogen-bond donors (Lipinski definition) is 1. The van der Waals surface area contributed by atoms with Gasteiger partial charge in [0.05, 0.1) is 12.7 Å². The molecule has 1 aliphatic rings. The standard InChI is InChI=1S/C5H10O2.Na.H/c6-4-5-2-1-3-7-5;;/h5-6H,1-4H2;;/q;+1;-1. The summed E-state index contributed by atoms with van der Waals surface area (Å²) in [6, 6.07) is 0. The fourth-order valence-electron chi connectivity index (χ4n) is 0.788. The van der Waals surface area contributed by atoms with Crippen molar-refractivity contribution in [2.24, 2.45) is 0 Å². The summed E-state index contributed by atoms with van der Waals surface area (Å²) in [5.74, 6) is 0. The van der Waals surface area contributed by atoms with Crippen LogP contribution in [0.3, 0.4) is 0 Å². The van der Waals surface area contributed by atoms with Crippen molar-refractivity contribution in [3.63, 3.8) is 0 Å². The van der Waals surface area contributed by atoms with Gasteiger partial charge < -0.3 is 11.3 Å². The van der Waals surface area contributed by atoms with Crippen LogP contribution >= 0.6 is 0 Å². The molecule has 0 aliphatic carbocycles. The Kier molecular flexibility index (Phi) is 5.31. The van der Waals surface area contributed by atoms with Gasteiger partial charge in [0.2, 0.25) is 0 Å². The third-order valence-corrected chi connectivity index (χ3v) is 1.23. The first kappa shape index (κ1) is 8.92. The molecular formula is C5H11NaO2. The van der Waals surface area contributed by atoms with Gasteiger partial charge in [0, 0.05) is 6.61 Å². The van der Waals surface area contributed by atoms with E-state index in [1.165, 1.54) is 0 Å². The molecule has 1 N–H and O–H groups in total. The Labute approximate surface area is 73.0 Å². The van der Waals surface area contributed by atoms with Crippen LogP contribution in [0.15, 0.2) is 0 Å². The number of aliphatic hydroxyl groups excluding tert-OH is 1. The average Bonchev–Trinajstić information content (AvgIpc) is 2.14. The van der Waals surface area contributed by atoms with Crippen LogP contribution in [0.25, 0.3) is 0 Å². The summed E-state index contributed by atoms with van der Waals surface area (Å²) in [7, 11) is 0. The molecule has 1 fully saturated rings. The quantitative estimate of drug-likeness (QED) is 0.387. The van der Waals surface area contributed by atoms with Crippen LogP contribution in [-0.4, -0.2) is 24.4 Å². The van der Waals surface area contributed by atoms with Gasteiger partial charge in [-0.05, 0) is 12.8 Å². The van der Waals surface area contributed by atoms with E-state index in [0.29, 0.717) is 0 Å². The molecule has 1 atom stereocenters. The third-order valence-electron chi connectivity index (χ3n) is 1.23. The van der Waals surface area contributed by atoms with Crippen LogP contribution < -0.4 is 29.6 Å². The summed E-state index contributed by atoms with van der Waals surface area (Å²) in [5.41, 5.74) is 0. The zero-order valence-electron chi connectivity index (χ0n) is 6.26. The molecule has 0 amide bonds. The summed E-state index contributed by atoms with van der Waals surface area (Å²) in [6.07, 6.45) is 2.31. The first-order chi connectivity index (χ1) is 3.43. The molecule has 1 saturated heterocycles. The van der Waals surface area contributed by atoms with Gasteiger partial charge in [-0.25, -0.2) is 0 Å². The van der Waals surface area contributed by atoms with Crippen molar-refractivity contribution in [2.75, 3.05) is 13.2 Å². The molecule has 1 aliphatic heterocycles. The fraction of sp³-hybridized carbons (Fsp3) is 1.00. The van der Waals surface area contributed by atoms with Gasteiger partial charge >= 0.3 is 29.6 Å². The second-order valence-corrected chi connectivity index (χ2v) is 1.82. The van der Waals surface area contributed by atoms with E-state index < -0.39 is 0 Å². The predicted molar refractivity (Wildman–Crippen MR) is 27.2 cm³/mol. The first-order valence-electron chi connectivity index (χ1n) is 2.66. The SMILES string of the molecule is OCC1CCCO1.[H-].[Na+]. The van der Waals surface area contributed by atoms with E-state index in [1.807, 2.05) is 0 Å². The van der Waals surface area contributed by atoms with Crippen LogP contribution in [0, 0.1) is 0 Å². The molecule has 0 spiro atoms. The largest absolute Gasteiger partial charge is 1.00 e. The predicted octanol–water partition coefficient (Wildman–Crippen LogP) is -2.73. The summed E-state index contributed by atoms with van der Waals surface area (Å²) in [5, 5.41) is 8.44. The molecule has 0 aromatic heterocycles. The summed E-state index contributed by atoms with van der Waals surface area (Å²) in [6.45, 7) is 1.03. The summed E-state index contributed by atoms with van der Waals surface area (Å²) >= 11 is 0. The van der Waals surface area contributed by atoms with E-state index in [1.54, 1.807) is 0 Å². The molecule has 0 saturated carbocycles. The van der Waals surface area contributed by atoms with Crippen molar-refractivity contribution in [3.8, 4) is 0 Å². The Morgan fingerprint density at radius 3 is 2.75 bits per heavy atom. The monoisotopic (exact) mass is 126 g/mol. The number of ether oxygens (including phenoxy) is 1. The molecule has 1 rings (SSSR count). The van der Waals surface area contributed by atoms with Gasteiger partial charge in [0.1, 0.15) is 0 Å². The maximum absolute atomic E-state index is 8.44. The fourth-order valence-corrected chi connectivity index (χ4v) is 0.788. The van der Waals surface area contributed by atoms with Crippen molar-refractivity contribution in [1.29, 1.82) is 0 Å². The van der Waals surface area contributed by atoms with E-state index in [9.17, 15) is 0 Å². The van der Waals surface area contributed by atoms with Crippen LogP contribution in [0.2, 0.25) is 0 Å². The summed E-state index contributed by atoms with van der Waals surface area (Å²) in [4.78, 5) is 0. The second-order valence-electron chi connectivity index (χ2n) is 1.82. The number of hydrogen-bond acceptors (Lipinski definition) is 2. The van der Waals surface area contributed by atoms with E-state index in [2.05, 4.69) is 0 Å². The normalized spacial score (nSPS) is 27.4. The molecule has 0 bridgehead atoms. The number of aliphatic hydroxyl groups is 1. The maximum Gasteiger partial charge on any atom is 1.00 e. The minimum Gasteiger partial charge on any atom is -1.00 e. The molecule has 1 unspecified atom stereocenters. The molecule has 8 heavy (non-hydrogen) atoms. The average molecular weight is 126 g/mol. The minimum absolute atomic E-state index is 0. The smallest absolute Gasteiger partial charge is 1.00 e. The van der Waals surface area contributed by atoms with Crippen molar-refractivity contribution in [3.05, 3.63) is 0 Å². The number of rotatable bonds is 1. The van der Waals surface area contributed by atoms with Gasteiger partial charge in [-0.1, -0.05) is 0 Å². The van der Waals surface area contributed by atoms with Gasteiger partial charge in [0.25, 0.3) is 0 Å². The van der Waals surface area contributed by atoms with Crippen LogP contribution in [0.4, 0.5) is 0 Å². The van der Waals surface area contributed by atoms with E-state index in [4.69, 9.17) is 9.84 Å². The molecular weight excluding hydrogens is 115 g/mol. The van der Waals surface area contributed by atoms with Gasteiger partial charge in [-0.2, -0.15) is 0 Å². The zero-order valence-corrected chi connectivity index (χ0v) is 7.26. The minimum atomic E-state index is 0. The Morgan fingerprint density at radius 1 is 1.75 bits per heavy atom. The molecule has 0 radical (unpaired) electrons.